The van der Waals surface area contributed by atoms with Crippen LogP contribution in [0.4, 0.5) is 5.69 Å². The van der Waals surface area contributed by atoms with Crippen molar-refractivity contribution in [3.63, 3.8) is 0 Å². The number of carbonyl (C=O) groups is 1. The summed E-state index contributed by atoms with van der Waals surface area (Å²) in [5, 5.41) is 7.29. The highest BCUT2D eigenvalue weighted by molar-refractivity contribution is 5.76. The fraction of sp³-hybridized carbons (Fsp3) is 0.667. The Morgan fingerprint density at radius 2 is 2.28 bits per heavy atom. The Hall–Kier alpha value is -1.56. The van der Waals surface area contributed by atoms with Gasteiger partial charge in [0.2, 0.25) is 5.91 Å². The molecule has 1 aromatic rings. The van der Waals surface area contributed by atoms with Crippen molar-refractivity contribution in [2.45, 2.75) is 32.9 Å². The third kappa shape index (κ3) is 2.64. The van der Waals surface area contributed by atoms with Crippen LogP contribution in [0.15, 0.2) is 0 Å². The van der Waals surface area contributed by atoms with Gasteiger partial charge in [-0.05, 0) is 33.9 Å². The fourth-order valence-corrected chi connectivity index (χ4v) is 2.33. The Bertz CT molecular complexity index is 454. The summed E-state index contributed by atoms with van der Waals surface area (Å²) in [7, 11) is 2.06. The van der Waals surface area contributed by atoms with Crippen molar-refractivity contribution in [3.05, 3.63) is 11.4 Å². The largest absolute Gasteiger partial charge is 0.396 e. The number of nitrogens with two attached hydrogens (primary N) is 1. The van der Waals surface area contributed by atoms with Gasteiger partial charge in [0.05, 0.1) is 17.1 Å². The van der Waals surface area contributed by atoms with E-state index in [1.165, 1.54) is 0 Å². The van der Waals surface area contributed by atoms with E-state index in [0.29, 0.717) is 5.69 Å². The zero-order valence-electron chi connectivity index (χ0n) is 11.2. The Morgan fingerprint density at radius 3 is 2.78 bits per heavy atom. The van der Waals surface area contributed by atoms with Crippen molar-refractivity contribution < 1.29 is 4.79 Å². The van der Waals surface area contributed by atoms with Crippen molar-refractivity contribution >= 4 is 11.6 Å². The number of nitrogens with zero attached hydrogens (tertiary/aromatic N) is 3. The van der Waals surface area contributed by atoms with Crippen LogP contribution < -0.4 is 11.1 Å². The number of aryl methyl sites for hydroxylation is 1. The SMILES string of the molecule is Cc1nn(CC(=O)NC2CCN(C)C2)c(C)c1N. The summed E-state index contributed by atoms with van der Waals surface area (Å²) in [6.45, 7) is 5.93. The number of amides is 1. The van der Waals surface area contributed by atoms with Crippen LogP contribution in [0.1, 0.15) is 17.8 Å². The molecule has 2 rings (SSSR count). The predicted molar refractivity (Wildman–Crippen MR) is 70.2 cm³/mol. The molecule has 6 nitrogen and oxygen atoms in total. The van der Waals surface area contributed by atoms with E-state index in [-0.39, 0.29) is 18.5 Å². The number of rotatable bonds is 3. The van der Waals surface area contributed by atoms with Gasteiger partial charge in [-0.15, -0.1) is 0 Å². The maximum atomic E-state index is 11.9. The summed E-state index contributed by atoms with van der Waals surface area (Å²) in [5.41, 5.74) is 8.14. The molecule has 0 spiro atoms. The second-order valence-electron chi connectivity index (χ2n) is 5.06. The quantitative estimate of drug-likeness (QED) is 0.786. The maximum absolute atomic E-state index is 11.9. The van der Waals surface area contributed by atoms with E-state index in [0.717, 1.165) is 30.9 Å². The van der Waals surface area contributed by atoms with Gasteiger partial charge < -0.3 is 16.0 Å². The minimum Gasteiger partial charge on any atom is -0.396 e. The Balaban J connectivity index is 1.93. The van der Waals surface area contributed by atoms with Crippen LogP contribution in [0.2, 0.25) is 0 Å². The molecule has 3 N–H and O–H groups in total. The Labute approximate surface area is 107 Å². The monoisotopic (exact) mass is 251 g/mol. The lowest BCUT2D eigenvalue weighted by atomic mass is 10.2. The molecular formula is C12H21N5O. The second kappa shape index (κ2) is 4.97. The van der Waals surface area contributed by atoms with Crippen LogP contribution in [0, 0.1) is 13.8 Å². The number of nitrogen functional groups attached to an aromatic ring is 1. The van der Waals surface area contributed by atoms with Crippen LogP contribution >= 0.6 is 0 Å². The molecule has 1 atom stereocenters. The molecule has 0 radical (unpaired) electrons. The lowest BCUT2D eigenvalue weighted by Crippen LogP contribution is -2.38. The molecule has 1 aliphatic heterocycles. The summed E-state index contributed by atoms with van der Waals surface area (Å²) >= 11 is 0. The van der Waals surface area contributed by atoms with E-state index < -0.39 is 0 Å². The summed E-state index contributed by atoms with van der Waals surface area (Å²) in [6.07, 6.45) is 1.02. The van der Waals surface area contributed by atoms with Crippen LogP contribution in [0.3, 0.4) is 0 Å². The minimum atomic E-state index is 0.000833. The molecule has 0 bridgehead atoms. The van der Waals surface area contributed by atoms with E-state index in [9.17, 15) is 4.79 Å². The topological polar surface area (TPSA) is 76.2 Å². The molecule has 1 unspecified atom stereocenters. The van der Waals surface area contributed by atoms with Crippen LogP contribution in [-0.2, 0) is 11.3 Å². The van der Waals surface area contributed by atoms with Crippen molar-refractivity contribution in [1.82, 2.24) is 20.0 Å². The molecule has 0 aromatic carbocycles. The summed E-state index contributed by atoms with van der Waals surface area (Å²) in [6, 6.07) is 0.261. The zero-order valence-corrected chi connectivity index (χ0v) is 11.2. The predicted octanol–water partition coefficient (Wildman–Crippen LogP) is -0.0976. The van der Waals surface area contributed by atoms with Gasteiger partial charge in [-0.25, -0.2) is 0 Å². The number of aromatic nitrogens is 2. The van der Waals surface area contributed by atoms with E-state index in [4.69, 9.17) is 5.73 Å². The Kier molecular flexibility index (Phi) is 3.56. The molecule has 1 aromatic heterocycles. The molecule has 1 aliphatic rings. The standard InChI is InChI=1S/C12H21N5O/c1-8-12(13)9(2)17(15-8)7-11(18)14-10-4-5-16(3)6-10/h10H,4-7,13H2,1-3H3,(H,14,18). The van der Waals surface area contributed by atoms with E-state index in [2.05, 4.69) is 22.4 Å². The summed E-state index contributed by atoms with van der Waals surface area (Å²) < 4.78 is 1.67. The molecule has 0 saturated carbocycles. The molecule has 100 valence electrons. The molecule has 0 aliphatic carbocycles. The van der Waals surface area contributed by atoms with E-state index in [1.807, 2.05) is 13.8 Å². The number of hydrogen-bond donors (Lipinski definition) is 2. The number of likely N-dealkylation sites (tertiary alicyclic amines) is 1. The van der Waals surface area contributed by atoms with Gasteiger partial charge in [-0.3, -0.25) is 9.48 Å². The van der Waals surface area contributed by atoms with Gasteiger partial charge in [0.25, 0.3) is 0 Å². The molecular weight excluding hydrogens is 230 g/mol. The van der Waals surface area contributed by atoms with Crippen LogP contribution in [0.25, 0.3) is 0 Å². The smallest absolute Gasteiger partial charge is 0.242 e. The van der Waals surface area contributed by atoms with Gasteiger partial charge in [0, 0.05) is 12.6 Å². The molecule has 18 heavy (non-hydrogen) atoms. The van der Waals surface area contributed by atoms with Crippen molar-refractivity contribution in [2.24, 2.45) is 0 Å². The third-order valence-corrected chi connectivity index (χ3v) is 3.49. The number of likely N-dealkylation sites (N-methyl/N-ethyl adjacent to an activating group) is 1. The van der Waals surface area contributed by atoms with Gasteiger partial charge in [-0.2, -0.15) is 5.10 Å². The average molecular weight is 251 g/mol. The normalized spacial score (nSPS) is 20.3. The van der Waals surface area contributed by atoms with Crippen molar-refractivity contribution in [2.75, 3.05) is 25.9 Å². The molecule has 1 amide bonds. The van der Waals surface area contributed by atoms with Crippen molar-refractivity contribution in [3.8, 4) is 0 Å². The lowest BCUT2D eigenvalue weighted by Gasteiger charge is -2.13. The first-order chi connectivity index (χ1) is 8.47. The first kappa shape index (κ1) is 12.9. The second-order valence-corrected chi connectivity index (χ2v) is 5.06. The first-order valence-electron chi connectivity index (χ1n) is 6.24. The number of carbonyl (C=O) groups excluding carboxylic acids is 1. The van der Waals surface area contributed by atoms with Crippen LogP contribution in [-0.4, -0.2) is 46.8 Å². The summed E-state index contributed by atoms with van der Waals surface area (Å²) in [4.78, 5) is 14.1. The molecule has 1 fully saturated rings. The maximum Gasteiger partial charge on any atom is 0.242 e. The highest BCUT2D eigenvalue weighted by Crippen LogP contribution is 2.14. The fourth-order valence-electron chi connectivity index (χ4n) is 2.33. The molecule has 2 heterocycles. The van der Waals surface area contributed by atoms with Gasteiger partial charge in [0.15, 0.2) is 0 Å². The number of hydrogen-bond acceptors (Lipinski definition) is 4. The lowest BCUT2D eigenvalue weighted by molar-refractivity contribution is -0.122. The Morgan fingerprint density at radius 1 is 1.56 bits per heavy atom. The third-order valence-electron chi connectivity index (χ3n) is 3.49. The van der Waals surface area contributed by atoms with E-state index >= 15 is 0 Å². The van der Waals surface area contributed by atoms with Gasteiger partial charge in [-0.1, -0.05) is 0 Å². The van der Waals surface area contributed by atoms with Crippen molar-refractivity contribution in [1.29, 1.82) is 0 Å². The van der Waals surface area contributed by atoms with Gasteiger partial charge in [0.1, 0.15) is 6.54 Å². The van der Waals surface area contributed by atoms with Gasteiger partial charge >= 0.3 is 0 Å². The number of nitrogens with one attached hydrogen (secondary N) is 1. The summed E-state index contributed by atoms with van der Waals surface area (Å²) in [5.74, 6) is 0.000833. The highest BCUT2D eigenvalue weighted by atomic mass is 16.2. The first-order valence-corrected chi connectivity index (χ1v) is 6.24. The average Bonchev–Trinajstić information content (AvgIpc) is 2.80. The molecule has 1 saturated heterocycles. The van der Waals surface area contributed by atoms with E-state index in [1.54, 1.807) is 4.68 Å². The zero-order chi connectivity index (χ0) is 13.3. The highest BCUT2D eigenvalue weighted by Gasteiger charge is 2.21. The molecule has 6 heteroatoms. The minimum absolute atomic E-state index is 0.000833. The van der Waals surface area contributed by atoms with Crippen LogP contribution in [0.5, 0.6) is 0 Å². The number of anilines is 1.